The second-order valence-corrected chi connectivity index (χ2v) is 13.4. The van der Waals surface area contributed by atoms with Gasteiger partial charge in [0.05, 0.1) is 11.0 Å². The van der Waals surface area contributed by atoms with Crippen LogP contribution in [-0.4, -0.2) is 33.9 Å². The SMILES string of the molecule is O=C(NC1CC2CCC1CC2)c1ccc2[nH]c(-c3ccc(C(=O)NC4[C@H]5C[C@@H]6C[C@@H](C[C@H]4C6)C5)cc3)nc2c1. The molecule has 0 spiro atoms. The van der Waals surface area contributed by atoms with Crippen LogP contribution < -0.4 is 10.6 Å². The first-order chi connectivity index (χ1) is 19.1. The molecule has 7 fully saturated rings. The molecule has 10 rings (SSSR count). The van der Waals surface area contributed by atoms with Crippen LogP contribution in [0.2, 0.25) is 0 Å². The van der Waals surface area contributed by atoms with Crippen LogP contribution in [0.15, 0.2) is 42.5 Å². The molecule has 7 aliphatic carbocycles. The summed E-state index contributed by atoms with van der Waals surface area (Å²) < 4.78 is 0. The minimum atomic E-state index is 0.00787. The van der Waals surface area contributed by atoms with E-state index in [2.05, 4.69) is 15.6 Å². The number of imidazole rings is 1. The summed E-state index contributed by atoms with van der Waals surface area (Å²) in [7, 11) is 0. The van der Waals surface area contributed by atoms with Gasteiger partial charge in [-0.1, -0.05) is 25.0 Å². The number of hydrogen-bond donors (Lipinski definition) is 3. The molecule has 3 N–H and O–H groups in total. The van der Waals surface area contributed by atoms with Crippen LogP contribution in [0.5, 0.6) is 0 Å². The summed E-state index contributed by atoms with van der Waals surface area (Å²) in [5.41, 5.74) is 3.99. The Morgan fingerprint density at radius 3 is 2.03 bits per heavy atom. The Labute approximate surface area is 229 Å². The van der Waals surface area contributed by atoms with Gasteiger partial charge in [-0.15, -0.1) is 0 Å². The summed E-state index contributed by atoms with van der Waals surface area (Å²) in [5, 5.41) is 6.73. The first kappa shape index (κ1) is 23.7. The quantitative estimate of drug-likeness (QED) is 0.379. The molecule has 1 heterocycles. The molecule has 2 amide bonds. The smallest absolute Gasteiger partial charge is 0.251 e. The zero-order valence-electron chi connectivity index (χ0n) is 22.5. The van der Waals surface area contributed by atoms with E-state index >= 15 is 0 Å². The molecule has 7 aliphatic rings. The Morgan fingerprint density at radius 2 is 1.36 bits per heavy atom. The van der Waals surface area contributed by atoms with E-state index in [1.165, 1.54) is 57.8 Å². The summed E-state index contributed by atoms with van der Waals surface area (Å²) in [6, 6.07) is 14.1. The summed E-state index contributed by atoms with van der Waals surface area (Å²) in [4.78, 5) is 34.4. The number of rotatable bonds is 5. The van der Waals surface area contributed by atoms with Crippen molar-refractivity contribution in [3.8, 4) is 11.4 Å². The van der Waals surface area contributed by atoms with Gasteiger partial charge in [-0.3, -0.25) is 9.59 Å². The number of fused-ring (bicyclic) bond motifs is 4. The lowest BCUT2D eigenvalue weighted by Crippen LogP contribution is -2.55. The van der Waals surface area contributed by atoms with E-state index in [0.717, 1.165) is 46.6 Å². The fourth-order valence-electron chi connectivity index (χ4n) is 9.27. The largest absolute Gasteiger partial charge is 0.349 e. The third-order valence-corrected chi connectivity index (χ3v) is 11.1. The van der Waals surface area contributed by atoms with Crippen molar-refractivity contribution in [1.29, 1.82) is 0 Å². The van der Waals surface area contributed by atoms with Crippen molar-refractivity contribution in [2.75, 3.05) is 0 Å². The number of amides is 2. The highest BCUT2D eigenvalue weighted by atomic mass is 16.2. The van der Waals surface area contributed by atoms with Crippen molar-refractivity contribution in [3.63, 3.8) is 0 Å². The molecular formula is C33H38N4O2. The third kappa shape index (κ3) is 4.27. The number of H-pyrrole nitrogens is 1. The zero-order valence-corrected chi connectivity index (χ0v) is 22.5. The average molecular weight is 523 g/mol. The van der Waals surface area contributed by atoms with Gasteiger partial charge in [0, 0.05) is 28.8 Å². The number of aromatic nitrogens is 2. The first-order valence-electron chi connectivity index (χ1n) is 15.3. The minimum absolute atomic E-state index is 0.00787. The Kier molecular flexibility index (Phi) is 5.60. The van der Waals surface area contributed by atoms with E-state index in [1.54, 1.807) is 0 Å². The average Bonchev–Trinajstić information content (AvgIpc) is 3.39. The van der Waals surface area contributed by atoms with Crippen LogP contribution in [0, 0.1) is 35.5 Å². The maximum Gasteiger partial charge on any atom is 0.251 e. The minimum Gasteiger partial charge on any atom is -0.349 e. The number of nitrogens with zero attached hydrogens (tertiary/aromatic N) is 1. The van der Waals surface area contributed by atoms with Crippen LogP contribution >= 0.6 is 0 Å². The molecule has 0 aliphatic heterocycles. The second kappa shape index (κ2) is 9.21. The van der Waals surface area contributed by atoms with Crippen molar-refractivity contribution in [3.05, 3.63) is 53.6 Å². The summed E-state index contributed by atoms with van der Waals surface area (Å²) in [6.45, 7) is 0. The Morgan fingerprint density at radius 1 is 0.692 bits per heavy atom. The number of nitrogens with one attached hydrogen (secondary N) is 3. The molecule has 39 heavy (non-hydrogen) atoms. The molecular weight excluding hydrogens is 484 g/mol. The van der Waals surface area contributed by atoms with E-state index in [4.69, 9.17) is 4.98 Å². The van der Waals surface area contributed by atoms with E-state index in [1.807, 2.05) is 42.5 Å². The summed E-state index contributed by atoms with van der Waals surface area (Å²) in [5.74, 6) is 5.38. The molecule has 6 bridgehead atoms. The van der Waals surface area contributed by atoms with E-state index < -0.39 is 0 Å². The molecule has 6 heteroatoms. The molecule has 6 nitrogen and oxygen atoms in total. The van der Waals surface area contributed by atoms with Gasteiger partial charge in [-0.25, -0.2) is 4.98 Å². The van der Waals surface area contributed by atoms with Gasteiger partial charge < -0.3 is 15.6 Å². The van der Waals surface area contributed by atoms with Crippen molar-refractivity contribution >= 4 is 22.8 Å². The standard InChI is InChI=1S/C33H38N4O2/c38-32(37-30-25-12-19-11-20(14-25)15-26(30)13-19)23-7-5-22(6-8-23)31-34-27-10-9-24(17-29(27)35-31)33(39)36-28-16-18-1-3-21(28)4-2-18/h5-10,17-21,25-26,28,30H,1-4,11-16H2,(H,34,35)(H,36,39)(H,37,38)/t18?,19-,20+,21?,25-,26+,28?,30?. The number of carbonyl (C=O) groups is 2. The highest BCUT2D eigenvalue weighted by molar-refractivity contribution is 5.98. The molecule has 1 aromatic heterocycles. The van der Waals surface area contributed by atoms with Crippen LogP contribution in [0.25, 0.3) is 22.4 Å². The van der Waals surface area contributed by atoms with Crippen molar-refractivity contribution in [2.24, 2.45) is 35.5 Å². The van der Waals surface area contributed by atoms with Gasteiger partial charge in [-0.2, -0.15) is 0 Å². The molecule has 1 unspecified atom stereocenters. The summed E-state index contributed by atoms with van der Waals surface area (Å²) >= 11 is 0. The predicted octanol–water partition coefficient (Wildman–Crippen LogP) is 6.09. The normalized spacial score (nSPS) is 34.4. The monoisotopic (exact) mass is 522 g/mol. The van der Waals surface area contributed by atoms with Crippen LogP contribution in [0.4, 0.5) is 0 Å². The Hall–Kier alpha value is -3.15. The zero-order chi connectivity index (χ0) is 26.1. The fourth-order valence-corrected chi connectivity index (χ4v) is 9.27. The Bertz CT molecular complexity index is 1390. The first-order valence-corrected chi connectivity index (χ1v) is 15.3. The molecule has 1 atom stereocenters. The highest BCUT2D eigenvalue weighted by Crippen LogP contribution is 2.53. The van der Waals surface area contributed by atoms with E-state index in [0.29, 0.717) is 41.0 Å². The molecule has 2 aromatic carbocycles. The maximum atomic E-state index is 13.1. The van der Waals surface area contributed by atoms with Crippen molar-refractivity contribution in [1.82, 2.24) is 20.6 Å². The van der Waals surface area contributed by atoms with Crippen LogP contribution in [0.1, 0.15) is 84.9 Å². The molecule has 0 radical (unpaired) electrons. The number of carbonyl (C=O) groups excluding carboxylic acids is 2. The maximum absolute atomic E-state index is 13.1. The highest BCUT2D eigenvalue weighted by Gasteiger charge is 2.48. The van der Waals surface area contributed by atoms with Crippen molar-refractivity contribution < 1.29 is 9.59 Å². The lowest BCUT2D eigenvalue weighted by atomic mass is 9.54. The van der Waals surface area contributed by atoms with Gasteiger partial charge in [0.25, 0.3) is 11.8 Å². The van der Waals surface area contributed by atoms with Gasteiger partial charge >= 0.3 is 0 Å². The van der Waals surface area contributed by atoms with E-state index in [-0.39, 0.29) is 11.8 Å². The lowest BCUT2D eigenvalue weighted by molar-refractivity contribution is -0.0119. The number of hydrogen-bond acceptors (Lipinski definition) is 3. The van der Waals surface area contributed by atoms with E-state index in [9.17, 15) is 9.59 Å². The van der Waals surface area contributed by atoms with Crippen LogP contribution in [-0.2, 0) is 0 Å². The number of aromatic amines is 1. The van der Waals surface area contributed by atoms with Gasteiger partial charge in [-0.05, 0) is 117 Å². The molecule has 7 saturated carbocycles. The molecule has 0 saturated heterocycles. The van der Waals surface area contributed by atoms with Crippen LogP contribution in [0.3, 0.4) is 0 Å². The predicted molar refractivity (Wildman–Crippen MR) is 151 cm³/mol. The third-order valence-electron chi connectivity index (χ3n) is 11.1. The van der Waals surface area contributed by atoms with Gasteiger partial charge in [0.2, 0.25) is 0 Å². The number of benzene rings is 2. The Balaban J connectivity index is 0.949. The summed E-state index contributed by atoms with van der Waals surface area (Å²) in [6.07, 6.45) is 12.9. The lowest BCUT2D eigenvalue weighted by Gasteiger charge is -2.54. The molecule has 202 valence electrons. The van der Waals surface area contributed by atoms with Gasteiger partial charge in [0.1, 0.15) is 5.82 Å². The topological polar surface area (TPSA) is 86.9 Å². The second-order valence-electron chi connectivity index (χ2n) is 13.4. The fraction of sp³-hybridized carbons (Fsp3) is 0.545. The molecule has 3 aromatic rings. The van der Waals surface area contributed by atoms with Gasteiger partial charge in [0.15, 0.2) is 0 Å². The van der Waals surface area contributed by atoms with Crippen molar-refractivity contribution in [2.45, 2.75) is 76.3 Å².